The monoisotopic (exact) mass is 489 g/mol. The smallest absolute Gasteiger partial charge is 0.337 e. The van der Waals surface area contributed by atoms with Crippen molar-refractivity contribution in [2.45, 2.75) is 16.4 Å². The van der Waals surface area contributed by atoms with E-state index in [-0.39, 0.29) is 12.2 Å². The molecule has 2 heterocycles. The summed E-state index contributed by atoms with van der Waals surface area (Å²) in [5.41, 5.74) is 1.86. The molecule has 0 spiro atoms. The van der Waals surface area contributed by atoms with E-state index in [9.17, 15) is 18.7 Å². The minimum Gasteiger partial charge on any atom is -0.488 e. The second-order valence-corrected chi connectivity index (χ2v) is 9.41. The van der Waals surface area contributed by atoms with E-state index in [4.69, 9.17) is 4.74 Å². The Balaban J connectivity index is 1.72. The number of ether oxygens (including phenoxy) is 1. The molecular weight excluding hydrogens is 468 g/mol. The summed E-state index contributed by atoms with van der Waals surface area (Å²) in [6, 6.07) is 8.95. The highest BCUT2D eigenvalue weighted by Crippen LogP contribution is 2.44. The van der Waals surface area contributed by atoms with Crippen LogP contribution in [0.4, 0.5) is 20.2 Å². The largest absolute Gasteiger partial charge is 0.488 e. The lowest BCUT2D eigenvalue weighted by atomic mass is 10.1. The predicted octanol–water partition coefficient (Wildman–Crippen LogP) is 5.45. The number of nitrogens with zero attached hydrogens (tertiary/aromatic N) is 3. The third kappa shape index (κ3) is 5.23. The number of carbonyl (C=O) groups is 1. The van der Waals surface area contributed by atoms with Gasteiger partial charge in [0.15, 0.2) is 0 Å². The highest BCUT2D eigenvalue weighted by Gasteiger charge is 2.24. The predicted molar refractivity (Wildman–Crippen MR) is 126 cm³/mol. The topological polar surface area (TPSA) is 65.9 Å². The Kier molecular flexibility index (Phi) is 7.06. The van der Waals surface area contributed by atoms with E-state index in [1.807, 2.05) is 34.6 Å². The van der Waals surface area contributed by atoms with Gasteiger partial charge < -0.3 is 14.7 Å². The van der Waals surface area contributed by atoms with Gasteiger partial charge in [-0.25, -0.2) is 17.9 Å². The van der Waals surface area contributed by atoms with Crippen LogP contribution in [0.1, 0.15) is 15.9 Å². The van der Waals surface area contributed by atoms with Crippen molar-refractivity contribution in [2.24, 2.45) is 0 Å². The van der Waals surface area contributed by atoms with Gasteiger partial charge in [-0.2, -0.15) is 0 Å². The maximum atomic E-state index is 13.9. The fourth-order valence-corrected chi connectivity index (χ4v) is 5.00. The van der Waals surface area contributed by atoms with Crippen LogP contribution in [-0.2, 0) is 6.61 Å². The number of aromatic nitrogens is 1. The number of hydrogen-bond donors (Lipinski definition) is 1. The number of fused-ring (bicyclic) bond motifs is 1. The minimum atomic E-state index is -1.07. The van der Waals surface area contributed by atoms with Crippen LogP contribution in [0.25, 0.3) is 0 Å². The number of aromatic carboxylic acids is 1. The summed E-state index contributed by atoms with van der Waals surface area (Å²) in [4.78, 5) is 18.9. The fourth-order valence-electron chi connectivity index (χ4n) is 3.52. The third-order valence-electron chi connectivity index (χ3n) is 5.11. The molecule has 0 radical (unpaired) electrons. The van der Waals surface area contributed by atoms with Crippen LogP contribution in [0.15, 0.2) is 58.6 Å². The number of rotatable bonds is 6. The number of anilines is 2. The first kappa shape index (κ1) is 23.3. The molecule has 0 unspecified atom stereocenters. The van der Waals surface area contributed by atoms with Gasteiger partial charge in [-0.1, -0.05) is 0 Å². The molecule has 4 rings (SSSR count). The number of likely N-dealkylation sites (N-methyl/N-ethyl adjacent to an activating group) is 1. The van der Waals surface area contributed by atoms with Gasteiger partial charge in [-0.3, -0.25) is 4.98 Å². The zero-order valence-corrected chi connectivity index (χ0v) is 19.6. The molecule has 1 aliphatic heterocycles. The number of hydrogen-bond acceptors (Lipinski definition) is 7. The van der Waals surface area contributed by atoms with Crippen molar-refractivity contribution in [1.82, 2.24) is 9.29 Å². The fraction of sp³-hybridized carbons (Fsp3) is 0.217. The van der Waals surface area contributed by atoms with E-state index in [1.165, 1.54) is 48.2 Å². The van der Waals surface area contributed by atoms with Gasteiger partial charge in [-0.05, 0) is 55.6 Å². The number of carboxylic acid groups (broad SMARTS) is 1. The average Bonchev–Trinajstić information content (AvgIpc) is 2.94. The Morgan fingerprint density at radius 2 is 1.97 bits per heavy atom. The Hall–Kier alpha value is -2.82. The highest BCUT2D eigenvalue weighted by atomic mass is 32.2. The molecule has 1 N–H and O–H groups in total. The summed E-state index contributed by atoms with van der Waals surface area (Å²) in [7, 11) is 1.95. The first-order chi connectivity index (χ1) is 15.9. The maximum absolute atomic E-state index is 13.9. The molecule has 3 aromatic rings. The molecule has 0 saturated carbocycles. The third-order valence-corrected chi connectivity index (χ3v) is 6.89. The molecule has 0 saturated heterocycles. The molecule has 1 aromatic heterocycles. The first-order valence-corrected chi connectivity index (χ1v) is 12.0. The van der Waals surface area contributed by atoms with Gasteiger partial charge in [0, 0.05) is 42.8 Å². The van der Waals surface area contributed by atoms with Gasteiger partial charge in [0.25, 0.3) is 0 Å². The van der Waals surface area contributed by atoms with E-state index >= 15 is 0 Å². The molecule has 0 amide bonds. The van der Waals surface area contributed by atoms with Gasteiger partial charge in [-0.15, -0.1) is 11.8 Å². The lowest BCUT2D eigenvalue weighted by molar-refractivity contribution is 0.0693. The number of thioether (sulfide) groups is 1. The zero-order chi connectivity index (χ0) is 23.5. The van der Waals surface area contributed by atoms with Crippen molar-refractivity contribution in [3.05, 3.63) is 71.6 Å². The number of carboxylic acids is 1. The van der Waals surface area contributed by atoms with E-state index in [2.05, 4.69) is 4.98 Å². The quantitative estimate of drug-likeness (QED) is 0.362. The molecule has 0 fully saturated rings. The lowest BCUT2D eigenvalue weighted by Gasteiger charge is -2.26. The maximum Gasteiger partial charge on any atom is 0.337 e. The molecule has 2 aromatic carbocycles. The molecule has 10 heteroatoms. The van der Waals surface area contributed by atoms with Crippen LogP contribution >= 0.6 is 23.7 Å². The van der Waals surface area contributed by atoms with E-state index in [0.717, 1.165) is 21.5 Å². The van der Waals surface area contributed by atoms with E-state index in [0.29, 0.717) is 30.1 Å². The summed E-state index contributed by atoms with van der Waals surface area (Å²) < 4.78 is 36.0. The van der Waals surface area contributed by atoms with Crippen molar-refractivity contribution in [3.8, 4) is 5.75 Å². The van der Waals surface area contributed by atoms with Crippen LogP contribution in [0.2, 0.25) is 0 Å². The average molecular weight is 490 g/mol. The van der Waals surface area contributed by atoms with Gasteiger partial charge >= 0.3 is 5.97 Å². The Morgan fingerprint density at radius 3 is 2.67 bits per heavy atom. The molecular formula is C23H21F2N3O3S2. The second kappa shape index (κ2) is 9.98. The molecule has 0 aliphatic carbocycles. The number of benzene rings is 2. The standard InChI is InChI=1S/C23H21F2N3O3S2/c1-27-5-6-28(17-8-15(24)7-16(25)9-17)19-10-22(32-2)20(11-21(19)33-27)31-13-14-3-4-26-12-18(14)23(29)30/h3-4,7-12H,5-6,13H2,1-2H3,(H,29,30). The molecule has 1 aliphatic rings. The zero-order valence-electron chi connectivity index (χ0n) is 17.9. The highest BCUT2D eigenvalue weighted by molar-refractivity contribution is 7.98. The van der Waals surface area contributed by atoms with Gasteiger partial charge in [0.2, 0.25) is 0 Å². The van der Waals surface area contributed by atoms with Crippen LogP contribution in [0.3, 0.4) is 0 Å². The molecule has 6 nitrogen and oxygen atoms in total. The summed E-state index contributed by atoms with van der Waals surface area (Å²) >= 11 is 2.99. The van der Waals surface area contributed by atoms with E-state index in [1.54, 1.807) is 6.07 Å². The van der Waals surface area contributed by atoms with Crippen molar-refractivity contribution < 1.29 is 23.4 Å². The van der Waals surface area contributed by atoms with Crippen LogP contribution in [-0.4, -0.2) is 46.8 Å². The van der Waals surface area contributed by atoms with Crippen molar-refractivity contribution in [1.29, 1.82) is 0 Å². The Bertz CT molecular complexity index is 1180. The molecule has 172 valence electrons. The normalized spacial score (nSPS) is 14.0. The van der Waals surface area contributed by atoms with Crippen LogP contribution in [0.5, 0.6) is 5.75 Å². The molecule has 0 bridgehead atoms. The SMILES string of the molecule is CSc1cc2c(cc1OCc1ccncc1C(=O)O)SN(C)CCN2c1cc(F)cc(F)c1. The summed E-state index contributed by atoms with van der Waals surface area (Å²) in [6.45, 7) is 1.28. The van der Waals surface area contributed by atoms with Crippen molar-refractivity contribution in [2.75, 3.05) is 31.3 Å². The Morgan fingerprint density at radius 1 is 1.21 bits per heavy atom. The van der Waals surface area contributed by atoms with Gasteiger partial charge in [0.1, 0.15) is 24.0 Å². The van der Waals surface area contributed by atoms with Crippen LogP contribution < -0.4 is 9.64 Å². The van der Waals surface area contributed by atoms with Crippen molar-refractivity contribution >= 4 is 41.1 Å². The summed E-state index contributed by atoms with van der Waals surface area (Å²) in [5, 5.41) is 9.39. The number of pyridine rings is 1. The second-order valence-electron chi connectivity index (χ2n) is 7.32. The molecule has 0 atom stereocenters. The first-order valence-electron chi connectivity index (χ1n) is 9.99. The molecule has 33 heavy (non-hydrogen) atoms. The number of halogens is 2. The Labute approximate surface area is 198 Å². The van der Waals surface area contributed by atoms with E-state index < -0.39 is 17.6 Å². The lowest BCUT2D eigenvalue weighted by Crippen LogP contribution is -2.24. The summed E-state index contributed by atoms with van der Waals surface area (Å²) in [5.74, 6) is -1.73. The summed E-state index contributed by atoms with van der Waals surface area (Å²) in [6.07, 6.45) is 4.73. The minimum absolute atomic E-state index is 0.0653. The van der Waals surface area contributed by atoms with Crippen LogP contribution in [0, 0.1) is 11.6 Å². The van der Waals surface area contributed by atoms with Gasteiger partial charge in [0.05, 0.1) is 21.0 Å². The van der Waals surface area contributed by atoms with Crippen molar-refractivity contribution in [3.63, 3.8) is 0 Å².